The number of carbonyl (C=O) groups is 2. The number of rotatable bonds is 5. The van der Waals surface area contributed by atoms with Gasteiger partial charge >= 0.3 is 5.97 Å². The van der Waals surface area contributed by atoms with Crippen LogP contribution in [-0.2, 0) is 14.3 Å². The number of carbonyl (C=O) groups excluding carboxylic acids is 2. The van der Waals surface area contributed by atoms with E-state index < -0.39 is 24.3 Å². The maximum atomic E-state index is 13.6. The number of ether oxygens (including phenoxy) is 1. The Balaban J connectivity index is 1.54. The number of hydrogen-bond acceptors (Lipinski definition) is 4. The quantitative estimate of drug-likeness (QED) is 0.582. The molecule has 2 aromatic rings. The highest BCUT2D eigenvalue weighted by molar-refractivity contribution is 6.32. The minimum absolute atomic E-state index is 0.0825. The van der Waals surface area contributed by atoms with Crippen LogP contribution in [0.25, 0.3) is 6.08 Å². The number of hydrazone groups is 1. The van der Waals surface area contributed by atoms with Gasteiger partial charge in [0, 0.05) is 18.1 Å². The van der Waals surface area contributed by atoms with Crippen molar-refractivity contribution in [1.29, 1.82) is 0 Å². The molecule has 138 valence electrons. The third-order valence-corrected chi connectivity index (χ3v) is 4.25. The second-order valence-corrected chi connectivity index (χ2v) is 6.16. The normalized spacial score (nSPS) is 13.7. The molecule has 0 radical (unpaired) electrons. The first-order valence-corrected chi connectivity index (χ1v) is 8.64. The summed E-state index contributed by atoms with van der Waals surface area (Å²) in [5, 5.41) is 5.74. The SMILES string of the molecule is O=C(/C=C/c1c(F)cccc1Cl)OCC(=O)N1CCC(c2ccccc2)=N1. The number of esters is 1. The van der Waals surface area contributed by atoms with E-state index in [1.54, 1.807) is 0 Å². The Morgan fingerprint density at radius 2 is 1.96 bits per heavy atom. The average Bonchev–Trinajstić information content (AvgIpc) is 3.17. The molecular weight excluding hydrogens is 371 g/mol. The molecule has 1 aliphatic heterocycles. The number of amides is 1. The van der Waals surface area contributed by atoms with Gasteiger partial charge in [-0.25, -0.2) is 14.2 Å². The highest BCUT2D eigenvalue weighted by Gasteiger charge is 2.22. The van der Waals surface area contributed by atoms with Gasteiger partial charge in [0.1, 0.15) is 5.82 Å². The Morgan fingerprint density at radius 3 is 2.70 bits per heavy atom. The second-order valence-electron chi connectivity index (χ2n) is 5.76. The van der Waals surface area contributed by atoms with Gasteiger partial charge in [0.25, 0.3) is 5.91 Å². The molecule has 1 aliphatic rings. The third kappa shape index (κ3) is 4.80. The van der Waals surface area contributed by atoms with E-state index in [2.05, 4.69) is 5.10 Å². The molecule has 0 N–H and O–H groups in total. The molecule has 2 aromatic carbocycles. The summed E-state index contributed by atoms with van der Waals surface area (Å²) in [7, 11) is 0. The van der Waals surface area contributed by atoms with Crippen molar-refractivity contribution in [1.82, 2.24) is 5.01 Å². The predicted molar refractivity (Wildman–Crippen MR) is 101 cm³/mol. The van der Waals surface area contributed by atoms with Crippen LogP contribution < -0.4 is 0 Å². The predicted octanol–water partition coefficient (Wildman–Crippen LogP) is 3.67. The largest absolute Gasteiger partial charge is 0.452 e. The lowest BCUT2D eigenvalue weighted by Crippen LogP contribution is -2.28. The minimum Gasteiger partial charge on any atom is -0.452 e. The number of nitrogens with zero attached hydrogens (tertiary/aromatic N) is 2. The lowest BCUT2D eigenvalue weighted by atomic mass is 10.1. The van der Waals surface area contributed by atoms with E-state index >= 15 is 0 Å². The van der Waals surface area contributed by atoms with Crippen molar-refractivity contribution in [2.24, 2.45) is 5.10 Å². The van der Waals surface area contributed by atoms with Crippen molar-refractivity contribution >= 4 is 35.3 Å². The van der Waals surface area contributed by atoms with Gasteiger partial charge in [-0.15, -0.1) is 0 Å². The standard InChI is InChI=1S/C20H16ClFN2O3/c21-16-7-4-8-17(22)15(16)9-10-20(26)27-13-19(25)24-12-11-18(23-24)14-5-2-1-3-6-14/h1-10H,11-13H2/b10-9+. The molecule has 1 heterocycles. The monoisotopic (exact) mass is 386 g/mol. The van der Waals surface area contributed by atoms with E-state index in [4.69, 9.17) is 16.3 Å². The molecule has 3 rings (SSSR count). The molecule has 27 heavy (non-hydrogen) atoms. The number of benzene rings is 2. The molecule has 0 bridgehead atoms. The lowest BCUT2D eigenvalue weighted by Gasteiger charge is -2.10. The van der Waals surface area contributed by atoms with E-state index in [0.717, 1.165) is 17.4 Å². The maximum absolute atomic E-state index is 13.6. The fraction of sp³-hybridized carbons (Fsp3) is 0.150. The molecule has 0 aromatic heterocycles. The van der Waals surface area contributed by atoms with Gasteiger partial charge in [-0.3, -0.25) is 4.79 Å². The first-order valence-electron chi connectivity index (χ1n) is 8.26. The molecular formula is C20H16ClFN2O3. The summed E-state index contributed by atoms with van der Waals surface area (Å²) in [5.41, 5.74) is 1.85. The van der Waals surface area contributed by atoms with Gasteiger partial charge in [0.2, 0.25) is 0 Å². The van der Waals surface area contributed by atoms with Crippen LogP contribution in [0.2, 0.25) is 5.02 Å². The van der Waals surface area contributed by atoms with E-state index in [0.29, 0.717) is 13.0 Å². The summed E-state index contributed by atoms with van der Waals surface area (Å²) in [6.07, 6.45) is 2.88. The highest BCUT2D eigenvalue weighted by atomic mass is 35.5. The van der Waals surface area contributed by atoms with Crippen molar-refractivity contribution in [3.05, 3.63) is 76.6 Å². The number of hydrogen-bond donors (Lipinski definition) is 0. The smallest absolute Gasteiger partial charge is 0.331 e. The highest BCUT2D eigenvalue weighted by Crippen LogP contribution is 2.20. The summed E-state index contributed by atoms with van der Waals surface area (Å²) in [5.74, 6) is -1.75. The molecule has 5 nitrogen and oxygen atoms in total. The van der Waals surface area contributed by atoms with Gasteiger partial charge < -0.3 is 4.74 Å². The van der Waals surface area contributed by atoms with Crippen LogP contribution in [0, 0.1) is 5.82 Å². The Bertz CT molecular complexity index is 892. The molecule has 0 unspecified atom stereocenters. The fourth-order valence-corrected chi connectivity index (χ4v) is 2.77. The third-order valence-electron chi connectivity index (χ3n) is 3.92. The van der Waals surface area contributed by atoms with Crippen LogP contribution in [0.5, 0.6) is 0 Å². The Hall–Kier alpha value is -2.99. The Morgan fingerprint density at radius 1 is 1.19 bits per heavy atom. The molecule has 1 amide bonds. The Kier molecular flexibility index (Phi) is 5.98. The van der Waals surface area contributed by atoms with Crippen LogP contribution in [0.1, 0.15) is 17.5 Å². The van der Waals surface area contributed by atoms with E-state index in [1.807, 2.05) is 30.3 Å². The summed E-state index contributed by atoms with van der Waals surface area (Å²) in [6.45, 7) is -0.0129. The van der Waals surface area contributed by atoms with Crippen LogP contribution in [0.4, 0.5) is 4.39 Å². The first-order chi connectivity index (χ1) is 13.0. The van der Waals surface area contributed by atoms with Crippen molar-refractivity contribution in [2.45, 2.75) is 6.42 Å². The van der Waals surface area contributed by atoms with Crippen molar-refractivity contribution < 1.29 is 18.7 Å². The van der Waals surface area contributed by atoms with Crippen LogP contribution in [0.3, 0.4) is 0 Å². The number of halogens is 2. The van der Waals surface area contributed by atoms with Crippen molar-refractivity contribution in [3.63, 3.8) is 0 Å². The van der Waals surface area contributed by atoms with Gasteiger partial charge in [0.05, 0.1) is 17.3 Å². The molecule has 0 saturated heterocycles. The summed E-state index contributed by atoms with van der Waals surface area (Å²) in [6, 6.07) is 13.8. The lowest BCUT2D eigenvalue weighted by molar-refractivity contribution is -0.147. The van der Waals surface area contributed by atoms with Crippen LogP contribution in [-0.4, -0.2) is 35.7 Å². The topological polar surface area (TPSA) is 59.0 Å². The van der Waals surface area contributed by atoms with Crippen LogP contribution >= 0.6 is 11.6 Å². The molecule has 0 fully saturated rings. The van der Waals surface area contributed by atoms with Gasteiger partial charge in [-0.1, -0.05) is 48.0 Å². The second kappa shape index (κ2) is 8.60. The van der Waals surface area contributed by atoms with E-state index in [1.165, 1.54) is 29.3 Å². The van der Waals surface area contributed by atoms with Crippen LogP contribution in [0.15, 0.2) is 59.7 Å². The molecule has 0 spiro atoms. The fourth-order valence-electron chi connectivity index (χ4n) is 2.55. The average molecular weight is 387 g/mol. The van der Waals surface area contributed by atoms with Gasteiger partial charge in [-0.05, 0) is 23.8 Å². The minimum atomic E-state index is -0.769. The zero-order chi connectivity index (χ0) is 19.2. The molecule has 0 aliphatic carbocycles. The van der Waals surface area contributed by atoms with E-state index in [-0.39, 0.29) is 10.6 Å². The van der Waals surface area contributed by atoms with Gasteiger partial charge in [-0.2, -0.15) is 5.10 Å². The van der Waals surface area contributed by atoms with Crippen molar-refractivity contribution in [3.8, 4) is 0 Å². The maximum Gasteiger partial charge on any atom is 0.331 e. The summed E-state index contributed by atoms with van der Waals surface area (Å²) in [4.78, 5) is 23.9. The zero-order valence-electron chi connectivity index (χ0n) is 14.3. The van der Waals surface area contributed by atoms with E-state index in [9.17, 15) is 14.0 Å². The van der Waals surface area contributed by atoms with Gasteiger partial charge in [0.15, 0.2) is 6.61 Å². The summed E-state index contributed by atoms with van der Waals surface area (Å²) >= 11 is 5.87. The molecule has 0 atom stereocenters. The Labute approximate surface area is 160 Å². The molecule has 0 saturated carbocycles. The first kappa shape index (κ1) is 18.8. The zero-order valence-corrected chi connectivity index (χ0v) is 15.0. The molecule has 7 heteroatoms. The summed E-state index contributed by atoms with van der Waals surface area (Å²) < 4.78 is 18.5. The van der Waals surface area contributed by atoms with Crippen molar-refractivity contribution in [2.75, 3.05) is 13.2 Å².